The molecule has 2 aliphatic rings. The molecule has 72 valence electrons. The van der Waals surface area contributed by atoms with Gasteiger partial charge in [0.25, 0.3) is 0 Å². The Balaban J connectivity index is 1.76. The number of nitrogens with one attached hydrogen (secondary N) is 1. The summed E-state index contributed by atoms with van der Waals surface area (Å²) in [7, 11) is 1.70. The SMILES string of the molecule is O=C(CC1CC2C=CC1C2)N[B][B]I. The third-order valence-corrected chi connectivity index (χ3v) is 3.53. The van der Waals surface area contributed by atoms with Crippen molar-refractivity contribution in [2.24, 2.45) is 17.8 Å². The van der Waals surface area contributed by atoms with Crippen LogP contribution in [0.3, 0.4) is 0 Å². The van der Waals surface area contributed by atoms with E-state index in [9.17, 15) is 4.79 Å². The standard InChI is InChI=1S/C9H12B2INO/c12-10-11-13-9(14)5-8-4-6-1-2-7(8)3-6/h1-2,6-8H,3-5H2,(H,13,14). The van der Waals surface area contributed by atoms with Crippen molar-refractivity contribution in [2.45, 2.75) is 19.3 Å². The van der Waals surface area contributed by atoms with E-state index in [-0.39, 0.29) is 5.91 Å². The summed E-state index contributed by atoms with van der Waals surface area (Å²) in [4.78, 5) is 11.4. The van der Waals surface area contributed by atoms with Gasteiger partial charge in [0.05, 0.1) is 0 Å². The molecule has 0 saturated heterocycles. The zero-order valence-corrected chi connectivity index (χ0v) is 10.1. The first-order valence-corrected chi connectivity index (χ1v) is 6.27. The maximum absolute atomic E-state index is 11.4. The van der Waals surface area contributed by atoms with Crippen LogP contribution < -0.4 is 5.23 Å². The Morgan fingerprint density at radius 1 is 1.50 bits per heavy atom. The van der Waals surface area contributed by atoms with Crippen molar-refractivity contribution in [3.05, 3.63) is 12.2 Å². The molecular weight excluding hydrogens is 287 g/mol. The molecule has 0 aromatic rings. The fourth-order valence-corrected chi connectivity index (χ4v) is 2.73. The molecule has 5 heteroatoms. The second-order valence-electron chi connectivity index (χ2n) is 4.10. The molecule has 1 fully saturated rings. The highest BCUT2D eigenvalue weighted by Gasteiger charge is 2.36. The molecule has 0 spiro atoms. The lowest BCUT2D eigenvalue weighted by Crippen LogP contribution is -2.31. The van der Waals surface area contributed by atoms with Crippen LogP contribution in [-0.2, 0) is 4.79 Å². The second-order valence-corrected chi connectivity index (χ2v) is 4.82. The molecule has 1 saturated carbocycles. The van der Waals surface area contributed by atoms with E-state index in [1.165, 1.54) is 12.8 Å². The molecule has 2 nitrogen and oxygen atoms in total. The van der Waals surface area contributed by atoms with Crippen molar-refractivity contribution < 1.29 is 4.79 Å². The van der Waals surface area contributed by atoms with Gasteiger partial charge in [-0.25, -0.2) is 0 Å². The highest BCUT2D eigenvalue weighted by Crippen LogP contribution is 2.44. The van der Waals surface area contributed by atoms with Crippen LogP contribution in [0.25, 0.3) is 0 Å². The van der Waals surface area contributed by atoms with Crippen LogP contribution in [0.1, 0.15) is 19.3 Å². The van der Waals surface area contributed by atoms with Crippen molar-refractivity contribution in [2.75, 3.05) is 0 Å². The van der Waals surface area contributed by atoms with Gasteiger partial charge < -0.3 is 5.23 Å². The smallest absolute Gasteiger partial charge is 0.210 e. The number of fused-ring (bicyclic) bond motifs is 2. The zero-order valence-electron chi connectivity index (χ0n) is 7.95. The van der Waals surface area contributed by atoms with Crippen molar-refractivity contribution in [1.82, 2.24) is 5.23 Å². The molecule has 3 unspecified atom stereocenters. The fraction of sp³-hybridized carbons (Fsp3) is 0.667. The first kappa shape index (κ1) is 10.6. The summed E-state index contributed by atoms with van der Waals surface area (Å²) >= 11 is 2.10. The molecule has 2 radical (unpaired) electrons. The Bertz CT molecular complexity index is 259. The summed E-state index contributed by atoms with van der Waals surface area (Å²) in [5, 5.41) is 4.58. The molecule has 1 amide bonds. The number of amides is 1. The Morgan fingerprint density at radius 2 is 2.36 bits per heavy atom. The zero-order chi connectivity index (χ0) is 9.97. The van der Waals surface area contributed by atoms with Crippen LogP contribution in [-0.4, -0.2) is 18.2 Å². The molecule has 0 aromatic carbocycles. The minimum Gasteiger partial charge on any atom is -0.411 e. The van der Waals surface area contributed by atoms with Crippen LogP contribution in [0.2, 0.25) is 0 Å². The molecular formula is C9H12B2INO. The number of halogens is 1. The maximum Gasteiger partial charge on any atom is 0.210 e. The monoisotopic (exact) mass is 299 g/mol. The molecule has 2 aliphatic carbocycles. The van der Waals surface area contributed by atoms with Crippen LogP contribution in [0, 0.1) is 17.8 Å². The maximum atomic E-state index is 11.4. The first-order chi connectivity index (χ1) is 6.79. The van der Waals surface area contributed by atoms with Gasteiger partial charge in [-0.15, -0.1) is 0 Å². The van der Waals surface area contributed by atoms with Crippen molar-refractivity contribution in [1.29, 1.82) is 0 Å². The number of rotatable bonds is 4. The van der Waals surface area contributed by atoms with Gasteiger partial charge in [-0.1, -0.05) is 12.2 Å². The normalized spacial score (nSPS) is 33.1. The average Bonchev–Trinajstić information content (AvgIpc) is 2.76. The minimum atomic E-state index is 0.156. The fourth-order valence-electron chi connectivity index (χ4n) is 2.55. The van der Waals surface area contributed by atoms with Gasteiger partial charge in [0, 0.05) is 6.42 Å². The topological polar surface area (TPSA) is 29.1 Å². The quantitative estimate of drug-likeness (QED) is 0.473. The van der Waals surface area contributed by atoms with Crippen LogP contribution in [0.5, 0.6) is 0 Å². The third-order valence-electron chi connectivity index (χ3n) is 3.17. The molecule has 2 rings (SSSR count). The number of allylic oxidation sites excluding steroid dienone is 2. The van der Waals surface area contributed by atoms with Gasteiger partial charge in [0.1, 0.15) is 0 Å². The van der Waals surface area contributed by atoms with Gasteiger partial charge in [-0.05, 0) is 30.6 Å². The summed E-state index contributed by atoms with van der Waals surface area (Å²) in [6.45, 7) is 0. The Hall–Kier alpha value is 0.0699. The number of hydrogen-bond acceptors (Lipinski definition) is 1. The molecule has 0 heterocycles. The van der Waals surface area contributed by atoms with E-state index in [0.717, 1.165) is 5.92 Å². The Morgan fingerprint density at radius 3 is 2.93 bits per heavy atom. The van der Waals surface area contributed by atoms with Crippen molar-refractivity contribution >= 4 is 40.6 Å². The van der Waals surface area contributed by atoms with Gasteiger partial charge in [0.15, 0.2) is 5.03 Å². The highest BCUT2D eigenvalue weighted by molar-refractivity contribution is 14.1. The average molecular weight is 299 g/mol. The van der Waals surface area contributed by atoms with Crippen molar-refractivity contribution in [3.8, 4) is 0 Å². The van der Waals surface area contributed by atoms with E-state index in [2.05, 4.69) is 39.8 Å². The summed E-state index contributed by atoms with van der Waals surface area (Å²) in [6, 6.07) is 0. The lowest BCUT2D eigenvalue weighted by Gasteiger charge is -2.17. The summed E-state index contributed by atoms with van der Waals surface area (Å²) < 4.78 is 0. The van der Waals surface area contributed by atoms with E-state index in [4.69, 9.17) is 0 Å². The van der Waals surface area contributed by atoms with Gasteiger partial charge in [-0.2, -0.15) is 22.4 Å². The van der Waals surface area contributed by atoms with Crippen LogP contribution >= 0.6 is 22.4 Å². The molecule has 2 bridgehead atoms. The van der Waals surface area contributed by atoms with E-state index in [1.807, 2.05) is 5.03 Å². The predicted molar refractivity (Wildman–Crippen MR) is 67.1 cm³/mol. The molecule has 0 aliphatic heterocycles. The molecule has 3 atom stereocenters. The Kier molecular flexibility index (Phi) is 3.57. The lowest BCUT2D eigenvalue weighted by atomic mass is 9.67. The van der Waals surface area contributed by atoms with Crippen molar-refractivity contribution in [3.63, 3.8) is 0 Å². The second kappa shape index (κ2) is 4.73. The number of hydrogen-bond donors (Lipinski definition) is 1. The Labute approximate surface area is 99.6 Å². The van der Waals surface area contributed by atoms with E-state index in [0.29, 0.717) is 18.3 Å². The largest absolute Gasteiger partial charge is 0.411 e. The van der Waals surface area contributed by atoms with Crippen LogP contribution in [0.15, 0.2) is 12.2 Å². The summed E-state index contributed by atoms with van der Waals surface area (Å²) in [5.74, 6) is 2.18. The molecule has 0 aromatic heterocycles. The van der Waals surface area contributed by atoms with Crippen LogP contribution in [0.4, 0.5) is 0 Å². The lowest BCUT2D eigenvalue weighted by molar-refractivity contribution is -0.120. The number of carbonyl (C=O) groups is 1. The number of carbonyl (C=O) groups excluding carboxylic acids is 1. The van der Waals surface area contributed by atoms with Gasteiger partial charge in [0.2, 0.25) is 13.2 Å². The molecule has 1 N–H and O–H groups in total. The van der Waals surface area contributed by atoms with E-state index < -0.39 is 0 Å². The predicted octanol–water partition coefficient (Wildman–Crippen LogP) is 1.29. The highest BCUT2D eigenvalue weighted by atomic mass is 127. The van der Waals surface area contributed by atoms with E-state index in [1.54, 1.807) is 7.31 Å². The van der Waals surface area contributed by atoms with Gasteiger partial charge >= 0.3 is 0 Å². The van der Waals surface area contributed by atoms with E-state index >= 15 is 0 Å². The summed E-state index contributed by atoms with van der Waals surface area (Å²) in [6.07, 6.45) is 7.78. The minimum absolute atomic E-state index is 0.156. The molecule has 14 heavy (non-hydrogen) atoms. The van der Waals surface area contributed by atoms with Gasteiger partial charge in [-0.3, -0.25) is 4.79 Å². The third kappa shape index (κ3) is 2.35. The first-order valence-electron chi connectivity index (χ1n) is 5.02. The summed E-state index contributed by atoms with van der Waals surface area (Å²) in [5.41, 5.74) is 0.